The fourth-order valence-corrected chi connectivity index (χ4v) is 4.53. The monoisotopic (exact) mass is 334 g/mol. The highest BCUT2D eigenvalue weighted by atomic mass is 32.2. The average molecular weight is 335 g/mol. The molecule has 0 amide bonds. The van der Waals surface area contributed by atoms with E-state index in [1.54, 1.807) is 25.0 Å². The van der Waals surface area contributed by atoms with Crippen LogP contribution < -0.4 is 5.32 Å². The van der Waals surface area contributed by atoms with Crippen LogP contribution in [0.3, 0.4) is 0 Å². The molecule has 1 unspecified atom stereocenters. The van der Waals surface area contributed by atoms with Gasteiger partial charge in [0.15, 0.2) is 5.03 Å². The summed E-state index contributed by atoms with van der Waals surface area (Å²) in [5, 5.41) is 9.97. The van der Waals surface area contributed by atoms with Crippen molar-refractivity contribution in [3.63, 3.8) is 0 Å². The SMILES string of the molecule is CCCNCc1cn[nH]c1S(=O)(=O)N(C)C(CC)CSC. The second kappa shape index (κ2) is 8.77. The minimum atomic E-state index is -3.54. The Bertz CT molecular complexity index is 516. The minimum absolute atomic E-state index is 0.00949. The lowest BCUT2D eigenvalue weighted by molar-refractivity contribution is 0.383. The fourth-order valence-electron chi connectivity index (χ4n) is 2.06. The first-order chi connectivity index (χ1) is 9.98. The quantitative estimate of drug-likeness (QED) is 0.637. The van der Waals surface area contributed by atoms with Crippen LogP contribution in [0.15, 0.2) is 11.2 Å². The van der Waals surface area contributed by atoms with Gasteiger partial charge in [-0.2, -0.15) is 21.2 Å². The van der Waals surface area contributed by atoms with Gasteiger partial charge in [0.1, 0.15) is 0 Å². The third-order valence-electron chi connectivity index (χ3n) is 3.40. The van der Waals surface area contributed by atoms with Crippen LogP contribution in [0, 0.1) is 0 Å². The van der Waals surface area contributed by atoms with Gasteiger partial charge < -0.3 is 5.32 Å². The Labute approximate surface area is 132 Å². The van der Waals surface area contributed by atoms with Gasteiger partial charge >= 0.3 is 0 Å². The van der Waals surface area contributed by atoms with Gasteiger partial charge in [-0.3, -0.25) is 5.10 Å². The highest BCUT2D eigenvalue weighted by Gasteiger charge is 2.30. The zero-order valence-corrected chi connectivity index (χ0v) is 14.9. The van der Waals surface area contributed by atoms with E-state index in [4.69, 9.17) is 0 Å². The first-order valence-corrected chi connectivity index (χ1v) is 10.0. The molecule has 0 spiro atoms. The first-order valence-electron chi connectivity index (χ1n) is 7.18. The van der Waals surface area contributed by atoms with Crippen LogP contribution in [-0.4, -0.2) is 54.6 Å². The molecular weight excluding hydrogens is 308 g/mol. The van der Waals surface area contributed by atoms with Gasteiger partial charge in [-0.1, -0.05) is 13.8 Å². The van der Waals surface area contributed by atoms with Gasteiger partial charge in [0.25, 0.3) is 10.0 Å². The molecule has 1 atom stereocenters. The van der Waals surface area contributed by atoms with Crippen LogP contribution in [0.4, 0.5) is 0 Å². The van der Waals surface area contributed by atoms with Gasteiger partial charge in [-0.25, -0.2) is 8.42 Å². The number of rotatable bonds is 10. The third-order valence-corrected chi connectivity index (χ3v) is 6.05. The van der Waals surface area contributed by atoms with E-state index in [9.17, 15) is 8.42 Å². The van der Waals surface area contributed by atoms with Crippen molar-refractivity contribution in [2.24, 2.45) is 0 Å². The summed E-state index contributed by atoms with van der Waals surface area (Å²) in [6.45, 7) is 5.43. The van der Waals surface area contributed by atoms with E-state index >= 15 is 0 Å². The number of nitrogens with zero attached hydrogens (tertiary/aromatic N) is 2. The Hall–Kier alpha value is -0.570. The fraction of sp³-hybridized carbons (Fsp3) is 0.769. The summed E-state index contributed by atoms with van der Waals surface area (Å²) >= 11 is 1.65. The molecule has 1 heterocycles. The van der Waals surface area contributed by atoms with Crippen molar-refractivity contribution >= 4 is 21.8 Å². The van der Waals surface area contributed by atoms with Crippen molar-refractivity contribution < 1.29 is 8.42 Å². The highest BCUT2D eigenvalue weighted by molar-refractivity contribution is 7.98. The maximum absolute atomic E-state index is 12.7. The Morgan fingerprint density at radius 3 is 2.76 bits per heavy atom. The largest absolute Gasteiger partial charge is 0.313 e. The van der Waals surface area contributed by atoms with Crippen LogP contribution in [0.2, 0.25) is 0 Å². The molecular formula is C13H26N4O2S2. The van der Waals surface area contributed by atoms with Gasteiger partial charge in [-0.15, -0.1) is 0 Å². The molecule has 0 aliphatic heterocycles. The van der Waals surface area contributed by atoms with Crippen molar-refractivity contribution in [2.75, 3.05) is 25.6 Å². The van der Waals surface area contributed by atoms with E-state index in [1.807, 2.05) is 13.2 Å². The zero-order valence-electron chi connectivity index (χ0n) is 13.2. The van der Waals surface area contributed by atoms with Crippen LogP contribution >= 0.6 is 11.8 Å². The Morgan fingerprint density at radius 1 is 1.48 bits per heavy atom. The van der Waals surface area contributed by atoms with E-state index < -0.39 is 10.0 Å². The summed E-state index contributed by atoms with van der Waals surface area (Å²) in [5.41, 5.74) is 0.689. The first kappa shape index (κ1) is 18.5. The molecule has 122 valence electrons. The van der Waals surface area contributed by atoms with Crippen LogP contribution in [0.25, 0.3) is 0 Å². The summed E-state index contributed by atoms with van der Waals surface area (Å²) in [5.74, 6) is 0.782. The average Bonchev–Trinajstić information content (AvgIpc) is 2.93. The molecule has 1 rings (SSSR count). The molecule has 2 N–H and O–H groups in total. The van der Waals surface area contributed by atoms with E-state index in [1.165, 1.54) is 4.31 Å². The standard InChI is InChI=1S/C13H26N4O2S2/c1-5-7-14-8-11-9-15-16-13(11)21(18,19)17(3)12(6-2)10-20-4/h9,12,14H,5-8,10H2,1-4H3,(H,15,16). The number of hydrogen-bond donors (Lipinski definition) is 2. The molecule has 1 aromatic heterocycles. The zero-order chi connectivity index (χ0) is 15.9. The summed E-state index contributed by atoms with van der Waals surface area (Å²) in [4.78, 5) is 0. The maximum atomic E-state index is 12.7. The van der Waals surface area contributed by atoms with Crippen molar-refractivity contribution in [1.29, 1.82) is 0 Å². The molecule has 0 saturated heterocycles. The van der Waals surface area contributed by atoms with Crippen molar-refractivity contribution in [2.45, 2.75) is 44.3 Å². The number of aromatic nitrogens is 2. The maximum Gasteiger partial charge on any atom is 0.260 e. The van der Waals surface area contributed by atoms with E-state index in [-0.39, 0.29) is 11.1 Å². The van der Waals surface area contributed by atoms with Crippen molar-refractivity contribution in [3.05, 3.63) is 11.8 Å². The lowest BCUT2D eigenvalue weighted by Crippen LogP contribution is -2.39. The number of hydrogen-bond acceptors (Lipinski definition) is 5. The number of sulfonamides is 1. The summed E-state index contributed by atoms with van der Waals surface area (Å²) < 4.78 is 26.9. The van der Waals surface area contributed by atoms with Crippen LogP contribution in [0.5, 0.6) is 0 Å². The molecule has 1 aromatic rings. The smallest absolute Gasteiger partial charge is 0.260 e. The Kier molecular flexibility index (Phi) is 7.72. The highest BCUT2D eigenvalue weighted by Crippen LogP contribution is 2.21. The van der Waals surface area contributed by atoms with Gasteiger partial charge in [0.05, 0.1) is 6.20 Å². The van der Waals surface area contributed by atoms with Gasteiger partial charge in [0.2, 0.25) is 0 Å². The summed E-state index contributed by atoms with van der Waals surface area (Å²) in [6.07, 6.45) is 5.36. The molecule has 0 radical (unpaired) electrons. The lowest BCUT2D eigenvalue weighted by atomic mass is 10.3. The summed E-state index contributed by atoms with van der Waals surface area (Å²) in [7, 11) is -1.89. The van der Waals surface area contributed by atoms with E-state index in [0.29, 0.717) is 12.1 Å². The molecule has 0 saturated carbocycles. The normalized spacial score (nSPS) is 13.8. The number of thioether (sulfide) groups is 1. The molecule has 8 heteroatoms. The number of H-pyrrole nitrogens is 1. The Balaban J connectivity index is 2.94. The van der Waals surface area contributed by atoms with Gasteiger partial charge in [0, 0.05) is 31.0 Å². The predicted molar refractivity (Wildman–Crippen MR) is 88.0 cm³/mol. The minimum Gasteiger partial charge on any atom is -0.313 e. The molecule has 0 bridgehead atoms. The predicted octanol–water partition coefficient (Wildman–Crippen LogP) is 1.67. The number of nitrogens with one attached hydrogen (secondary N) is 2. The molecule has 0 fully saturated rings. The number of aromatic amines is 1. The van der Waals surface area contributed by atoms with Crippen LogP contribution in [-0.2, 0) is 16.6 Å². The second-order valence-electron chi connectivity index (χ2n) is 4.94. The second-order valence-corrected chi connectivity index (χ2v) is 7.78. The van der Waals surface area contributed by atoms with E-state index in [0.717, 1.165) is 25.1 Å². The molecule has 0 aromatic carbocycles. The molecule has 0 aliphatic rings. The topological polar surface area (TPSA) is 78.1 Å². The third kappa shape index (κ3) is 4.70. The lowest BCUT2D eigenvalue weighted by Gasteiger charge is -2.25. The van der Waals surface area contributed by atoms with Crippen LogP contribution in [0.1, 0.15) is 32.3 Å². The van der Waals surface area contributed by atoms with Gasteiger partial charge in [-0.05, 0) is 25.6 Å². The molecule has 21 heavy (non-hydrogen) atoms. The van der Waals surface area contributed by atoms with Crippen molar-refractivity contribution in [3.8, 4) is 0 Å². The van der Waals surface area contributed by atoms with E-state index in [2.05, 4.69) is 22.4 Å². The van der Waals surface area contributed by atoms with Crippen molar-refractivity contribution in [1.82, 2.24) is 19.8 Å². The molecule has 0 aliphatic carbocycles. The molecule has 6 nitrogen and oxygen atoms in total. The Morgan fingerprint density at radius 2 is 2.19 bits per heavy atom. The summed E-state index contributed by atoms with van der Waals surface area (Å²) in [6, 6.07) is -0.00949.